The molecule has 1 N–H and O–H groups in total. The highest BCUT2D eigenvalue weighted by Gasteiger charge is 2.42. The van der Waals surface area contributed by atoms with Gasteiger partial charge in [-0.05, 0) is 53.5 Å². The van der Waals surface area contributed by atoms with E-state index >= 15 is 0 Å². The minimum atomic E-state index is -0.270. The third-order valence-corrected chi connectivity index (χ3v) is 8.64. The first kappa shape index (κ1) is 24.6. The molecule has 1 aliphatic carbocycles. The molecule has 4 aromatic rings. The third kappa shape index (κ3) is 4.66. The zero-order chi connectivity index (χ0) is 26.0. The van der Waals surface area contributed by atoms with Crippen LogP contribution in [0.15, 0.2) is 79.0 Å². The zero-order valence-electron chi connectivity index (χ0n) is 22.2. The van der Waals surface area contributed by atoms with E-state index < -0.39 is 0 Å². The first-order chi connectivity index (χ1) is 18.6. The van der Waals surface area contributed by atoms with Crippen LogP contribution in [0.2, 0.25) is 0 Å². The first-order valence-electron chi connectivity index (χ1n) is 14.1. The van der Waals surface area contributed by atoms with Crippen LogP contribution in [-0.2, 0) is 12.0 Å². The third-order valence-electron chi connectivity index (χ3n) is 8.64. The molecule has 1 saturated carbocycles. The Hall–Kier alpha value is -3.73. The second kappa shape index (κ2) is 10.6. The number of rotatable bonds is 6. The topological polar surface area (TPSA) is 58.1 Å². The van der Waals surface area contributed by atoms with Crippen molar-refractivity contribution < 1.29 is 4.79 Å². The van der Waals surface area contributed by atoms with E-state index in [1.54, 1.807) is 6.20 Å². The van der Waals surface area contributed by atoms with Crippen molar-refractivity contribution in [3.8, 4) is 0 Å². The molecule has 0 unspecified atom stereocenters. The lowest BCUT2D eigenvalue weighted by molar-refractivity contribution is 0.0948. The van der Waals surface area contributed by atoms with Crippen molar-refractivity contribution in [3.05, 3.63) is 101 Å². The van der Waals surface area contributed by atoms with Crippen LogP contribution < -0.4 is 10.2 Å². The van der Waals surface area contributed by atoms with Crippen molar-refractivity contribution in [2.45, 2.75) is 57.4 Å². The molecule has 0 radical (unpaired) electrons. The monoisotopic (exact) mass is 504 g/mol. The Kier molecular flexibility index (Phi) is 6.84. The number of nitrogens with zero attached hydrogens (tertiary/aromatic N) is 3. The smallest absolute Gasteiger partial charge is 0.255 e. The summed E-state index contributed by atoms with van der Waals surface area (Å²) >= 11 is 0. The summed E-state index contributed by atoms with van der Waals surface area (Å²) in [5, 5.41) is 5.56. The molecule has 5 nitrogen and oxygen atoms in total. The summed E-state index contributed by atoms with van der Waals surface area (Å²) in [6, 6.07) is 25.2. The predicted molar refractivity (Wildman–Crippen MR) is 153 cm³/mol. The lowest BCUT2D eigenvalue weighted by Crippen LogP contribution is -2.37. The molecule has 2 fully saturated rings. The van der Waals surface area contributed by atoms with Gasteiger partial charge in [-0.2, -0.15) is 0 Å². The number of hydrogen-bond donors (Lipinski definition) is 1. The summed E-state index contributed by atoms with van der Waals surface area (Å²) in [7, 11) is 0. The number of carbonyl (C=O) groups is 1. The fraction of sp³-hybridized carbons (Fsp3) is 0.364. The van der Waals surface area contributed by atoms with Gasteiger partial charge in [-0.3, -0.25) is 4.79 Å². The minimum Gasteiger partial charge on any atom is -0.348 e. The molecule has 0 bridgehead atoms. The number of amides is 1. The molecule has 1 amide bonds. The highest BCUT2D eigenvalue weighted by molar-refractivity contribution is 5.96. The number of aromatic nitrogens is 2. The fourth-order valence-corrected chi connectivity index (χ4v) is 6.38. The summed E-state index contributed by atoms with van der Waals surface area (Å²) in [6.45, 7) is 4.71. The van der Waals surface area contributed by atoms with Gasteiger partial charge in [0.2, 0.25) is 5.95 Å². The van der Waals surface area contributed by atoms with Crippen LogP contribution in [0, 0.1) is 5.92 Å². The fourth-order valence-electron chi connectivity index (χ4n) is 6.38. The quantitative estimate of drug-likeness (QED) is 0.319. The van der Waals surface area contributed by atoms with Crippen molar-refractivity contribution in [1.29, 1.82) is 0 Å². The first-order valence-corrected chi connectivity index (χ1v) is 14.1. The van der Waals surface area contributed by atoms with Crippen molar-refractivity contribution in [1.82, 2.24) is 15.3 Å². The van der Waals surface area contributed by atoms with Crippen molar-refractivity contribution in [2.75, 3.05) is 18.0 Å². The van der Waals surface area contributed by atoms with Crippen molar-refractivity contribution >= 4 is 22.6 Å². The standard InChI is InChI=1S/C33H36N4O/c1-24-16-20-37(21-17-24)32-35-23-29(30(36-32)33(18-7-8-19-33)27-13-3-2-4-14-27)31(38)34-22-26-12-9-11-25-10-5-6-15-28(25)26/h2-6,9-15,23-24H,7-8,16-22H2,1H3,(H,34,38). The second-order valence-corrected chi connectivity index (χ2v) is 11.1. The average molecular weight is 505 g/mol. The number of anilines is 1. The Bertz CT molecular complexity index is 1410. The number of piperidine rings is 1. The molecule has 2 aliphatic rings. The number of fused-ring (bicyclic) bond motifs is 1. The predicted octanol–water partition coefficient (Wildman–Crippen LogP) is 6.66. The van der Waals surface area contributed by atoms with Gasteiger partial charge in [0.25, 0.3) is 5.91 Å². The van der Waals surface area contributed by atoms with E-state index in [2.05, 4.69) is 77.8 Å². The molecular formula is C33H36N4O. The Morgan fingerprint density at radius 1 is 0.947 bits per heavy atom. The van der Waals surface area contributed by atoms with Crippen LogP contribution >= 0.6 is 0 Å². The van der Waals surface area contributed by atoms with Gasteiger partial charge >= 0.3 is 0 Å². The van der Waals surface area contributed by atoms with Crippen molar-refractivity contribution in [3.63, 3.8) is 0 Å². The summed E-state index contributed by atoms with van der Waals surface area (Å²) in [5.74, 6) is 1.39. The number of carbonyl (C=O) groups excluding carboxylic acids is 1. The lowest BCUT2D eigenvalue weighted by atomic mass is 9.74. The van der Waals surface area contributed by atoms with E-state index in [9.17, 15) is 4.79 Å². The SMILES string of the molecule is CC1CCN(c2ncc(C(=O)NCc3cccc4ccccc34)c(C3(c4ccccc4)CCCC3)n2)CC1. The van der Waals surface area contributed by atoms with E-state index in [-0.39, 0.29) is 11.3 Å². The molecule has 1 aromatic heterocycles. The van der Waals surface area contributed by atoms with E-state index in [4.69, 9.17) is 9.97 Å². The normalized spacial score (nSPS) is 17.6. The molecule has 0 atom stereocenters. The second-order valence-electron chi connectivity index (χ2n) is 11.1. The van der Waals surface area contributed by atoms with E-state index in [0.717, 1.165) is 80.1 Å². The number of benzene rings is 3. The van der Waals surface area contributed by atoms with Gasteiger partial charge in [-0.25, -0.2) is 9.97 Å². The zero-order valence-corrected chi connectivity index (χ0v) is 22.2. The highest BCUT2D eigenvalue weighted by Crippen LogP contribution is 2.47. The molecule has 0 spiro atoms. The Labute approximate surface area is 225 Å². The molecule has 1 aliphatic heterocycles. The molecule has 1 saturated heterocycles. The van der Waals surface area contributed by atoms with Crippen LogP contribution in [0.1, 0.15) is 72.6 Å². The average Bonchev–Trinajstić information content (AvgIpc) is 3.48. The molecule has 5 heteroatoms. The van der Waals surface area contributed by atoms with Gasteiger partial charge < -0.3 is 10.2 Å². The minimum absolute atomic E-state index is 0.103. The van der Waals surface area contributed by atoms with Gasteiger partial charge in [0.1, 0.15) is 0 Å². The highest BCUT2D eigenvalue weighted by atomic mass is 16.1. The molecule has 194 valence electrons. The van der Waals surface area contributed by atoms with Crippen LogP contribution in [-0.4, -0.2) is 29.0 Å². The summed E-state index contributed by atoms with van der Waals surface area (Å²) in [6.07, 6.45) is 8.34. The molecule has 6 rings (SSSR count). The van der Waals surface area contributed by atoms with Gasteiger partial charge in [0.15, 0.2) is 0 Å². The van der Waals surface area contributed by atoms with E-state index in [0.29, 0.717) is 12.1 Å². The molecular weight excluding hydrogens is 468 g/mol. The maximum Gasteiger partial charge on any atom is 0.255 e. The Morgan fingerprint density at radius 2 is 1.66 bits per heavy atom. The Balaban J connectivity index is 1.37. The summed E-state index contributed by atoms with van der Waals surface area (Å²) < 4.78 is 0. The van der Waals surface area contributed by atoms with E-state index in [1.807, 2.05) is 12.1 Å². The van der Waals surface area contributed by atoms with Crippen molar-refractivity contribution in [2.24, 2.45) is 5.92 Å². The van der Waals surface area contributed by atoms with Gasteiger partial charge in [-0.1, -0.05) is 92.6 Å². The van der Waals surface area contributed by atoms with Gasteiger partial charge in [-0.15, -0.1) is 0 Å². The summed E-state index contributed by atoms with van der Waals surface area (Å²) in [4.78, 5) is 26.1. The number of hydrogen-bond acceptors (Lipinski definition) is 4. The van der Waals surface area contributed by atoms with Crippen LogP contribution in [0.25, 0.3) is 10.8 Å². The maximum absolute atomic E-state index is 13.8. The lowest BCUT2D eigenvalue weighted by Gasteiger charge is -2.34. The summed E-state index contributed by atoms with van der Waals surface area (Å²) in [5.41, 5.74) is 3.58. The molecule has 3 aromatic carbocycles. The molecule has 2 heterocycles. The largest absolute Gasteiger partial charge is 0.348 e. The number of nitrogens with one attached hydrogen (secondary N) is 1. The van der Waals surface area contributed by atoms with E-state index in [1.165, 1.54) is 10.9 Å². The van der Waals surface area contributed by atoms with Crippen LogP contribution in [0.5, 0.6) is 0 Å². The van der Waals surface area contributed by atoms with Crippen LogP contribution in [0.3, 0.4) is 0 Å². The molecule has 38 heavy (non-hydrogen) atoms. The Morgan fingerprint density at radius 3 is 2.45 bits per heavy atom. The maximum atomic E-state index is 13.8. The van der Waals surface area contributed by atoms with Gasteiger partial charge in [0.05, 0.1) is 11.3 Å². The van der Waals surface area contributed by atoms with Crippen LogP contribution in [0.4, 0.5) is 5.95 Å². The van der Waals surface area contributed by atoms with Gasteiger partial charge in [0, 0.05) is 31.2 Å².